The zero-order chi connectivity index (χ0) is 24.0. The Hall–Kier alpha value is -3.42. The predicted molar refractivity (Wildman–Crippen MR) is 140 cm³/mol. The molecule has 0 atom stereocenters. The number of amides is 1. The van der Waals surface area contributed by atoms with Crippen molar-refractivity contribution < 1.29 is 4.79 Å². The second kappa shape index (κ2) is 8.74. The number of aromatic nitrogens is 1. The molecule has 1 aromatic heterocycles. The summed E-state index contributed by atoms with van der Waals surface area (Å²) in [5.41, 5.74) is 6.45. The van der Waals surface area contributed by atoms with Crippen LogP contribution in [0.25, 0.3) is 11.8 Å². The number of fused-ring (bicyclic) bond motifs is 1. The van der Waals surface area contributed by atoms with Crippen molar-refractivity contribution in [2.75, 3.05) is 0 Å². The molecule has 1 N–H and O–H groups in total. The monoisotopic (exact) mass is 487 g/mol. The van der Waals surface area contributed by atoms with Gasteiger partial charge in [0.2, 0.25) is 5.17 Å². The molecule has 0 saturated carbocycles. The summed E-state index contributed by atoms with van der Waals surface area (Å²) in [4.78, 5) is 17.1. The first-order valence-electron chi connectivity index (χ1n) is 10.8. The number of carbonyl (C=O) groups excluding carboxylic acids is 1. The van der Waals surface area contributed by atoms with E-state index in [1.807, 2.05) is 44.2 Å². The number of hydrazone groups is 1. The number of nitrogens with one attached hydrogen (secondary N) is 1. The molecule has 5 rings (SSSR count). The van der Waals surface area contributed by atoms with Gasteiger partial charge in [-0.2, -0.15) is 15.1 Å². The molecule has 0 unspecified atom stereocenters. The first-order chi connectivity index (χ1) is 16.3. The van der Waals surface area contributed by atoms with Gasteiger partial charge in [0.25, 0.3) is 5.91 Å². The number of rotatable bonds is 4. The first-order valence-corrected chi connectivity index (χ1v) is 12.0. The van der Waals surface area contributed by atoms with Gasteiger partial charge in [-0.05, 0) is 80.1 Å². The lowest BCUT2D eigenvalue weighted by Gasteiger charge is -2.20. The fourth-order valence-electron chi connectivity index (χ4n) is 4.06. The van der Waals surface area contributed by atoms with E-state index >= 15 is 0 Å². The Kier molecular flexibility index (Phi) is 5.75. The molecule has 6 nitrogen and oxygen atoms in total. The lowest BCUT2D eigenvalue weighted by molar-refractivity contribution is -0.114. The fraction of sp³-hybridized carbons (Fsp3) is 0.154. The van der Waals surface area contributed by atoms with Crippen molar-refractivity contribution in [3.05, 3.63) is 93.3 Å². The molecule has 170 valence electrons. The number of amidine groups is 2. The second-order valence-electron chi connectivity index (χ2n) is 8.31. The summed E-state index contributed by atoms with van der Waals surface area (Å²) >= 11 is 7.29. The fourth-order valence-corrected chi connectivity index (χ4v) is 5.11. The number of halogens is 1. The highest BCUT2D eigenvalue weighted by atomic mass is 35.5. The molecule has 2 aromatic carbocycles. The van der Waals surface area contributed by atoms with Gasteiger partial charge in [-0.3, -0.25) is 10.2 Å². The number of aliphatic imine (C=N–C) groups is 1. The van der Waals surface area contributed by atoms with Gasteiger partial charge in [-0.25, -0.2) is 0 Å². The lowest BCUT2D eigenvalue weighted by Crippen LogP contribution is -2.35. The minimum Gasteiger partial charge on any atom is -0.318 e. The van der Waals surface area contributed by atoms with Gasteiger partial charge in [0.1, 0.15) is 5.04 Å². The maximum absolute atomic E-state index is 12.9. The van der Waals surface area contributed by atoms with Crippen LogP contribution in [0.5, 0.6) is 0 Å². The molecule has 8 heteroatoms. The minimum absolute atomic E-state index is 0.0359. The van der Waals surface area contributed by atoms with Gasteiger partial charge in [0.15, 0.2) is 5.84 Å². The lowest BCUT2D eigenvalue weighted by atomic mass is 10.1. The van der Waals surface area contributed by atoms with E-state index in [0.29, 0.717) is 16.6 Å². The topological polar surface area (TPSA) is 73.8 Å². The number of aryl methyl sites for hydroxylation is 2. The third-order valence-corrected chi connectivity index (χ3v) is 6.99. The molecule has 0 saturated heterocycles. The highest BCUT2D eigenvalue weighted by Gasteiger charge is 2.35. The van der Waals surface area contributed by atoms with E-state index in [1.165, 1.54) is 22.3 Å². The standard InChI is InChI=1S/C26H22ClN5OS/c1-15-4-10-21(11-5-15)31-16(2)12-19(17(31)3)14-22-24(28)32-26(29-25(22)33)34-23(30-32)13-18-6-8-20(27)9-7-18/h4-12,14,28H,13H2,1-3H3/b22-14-,28-24?. The Balaban J connectivity index is 1.44. The molecule has 3 heterocycles. The average molecular weight is 488 g/mol. The normalized spacial score (nSPS) is 16.7. The summed E-state index contributed by atoms with van der Waals surface area (Å²) in [6.07, 6.45) is 2.32. The molecule has 1 amide bonds. The summed E-state index contributed by atoms with van der Waals surface area (Å²) in [5, 5.41) is 16.6. The zero-order valence-corrected chi connectivity index (χ0v) is 20.5. The van der Waals surface area contributed by atoms with E-state index < -0.39 is 5.91 Å². The van der Waals surface area contributed by atoms with Crippen molar-refractivity contribution in [1.29, 1.82) is 5.41 Å². The molecule has 0 spiro atoms. The van der Waals surface area contributed by atoms with Crippen LogP contribution in [-0.2, 0) is 11.2 Å². The largest absolute Gasteiger partial charge is 0.318 e. The van der Waals surface area contributed by atoms with E-state index in [9.17, 15) is 4.79 Å². The molecular formula is C26H22ClN5OS. The van der Waals surface area contributed by atoms with Crippen LogP contribution < -0.4 is 0 Å². The van der Waals surface area contributed by atoms with Crippen molar-refractivity contribution in [3.8, 4) is 5.69 Å². The Morgan fingerprint density at radius 1 is 1.06 bits per heavy atom. The van der Waals surface area contributed by atoms with Crippen molar-refractivity contribution >= 4 is 51.4 Å². The van der Waals surface area contributed by atoms with Crippen molar-refractivity contribution in [2.45, 2.75) is 27.2 Å². The van der Waals surface area contributed by atoms with Gasteiger partial charge in [0.05, 0.1) is 5.57 Å². The molecule has 3 aromatic rings. The van der Waals surface area contributed by atoms with Crippen LogP contribution in [0, 0.1) is 26.2 Å². The zero-order valence-electron chi connectivity index (χ0n) is 19.0. The number of nitrogens with zero attached hydrogens (tertiary/aromatic N) is 4. The molecule has 34 heavy (non-hydrogen) atoms. The number of carbonyl (C=O) groups is 1. The molecule has 2 aliphatic rings. The Labute approximate surface area is 207 Å². The first kappa shape index (κ1) is 22.4. The molecule has 0 fully saturated rings. The van der Waals surface area contributed by atoms with E-state index in [4.69, 9.17) is 17.0 Å². The van der Waals surface area contributed by atoms with Crippen LogP contribution in [-0.4, -0.2) is 31.5 Å². The predicted octanol–water partition coefficient (Wildman–Crippen LogP) is 5.92. The van der Waals surface area contributed by atoms with Gasteiger partial charge < -0.3 is 4.57 Å². The Morgan fingerprint density at radius 2 is 1.76 bits per heavy atom. The summed E-state index contributed by atoms with van der Waals surface area (Å²) in [6.45, 7) is 6.10. The summed E-state index contributed by atoms with van der Waals surface area (Å²) in [6, 6.07) is 17.9. The van der Waals surface area contributed by atoms with Crippen LogP contribution in [0.15, 0.2) is 70.3 Å². The van der Waals surface area contributed by atoms with Crippen molar-refractivity contribution in [2.24, 2.45) is 10.1 Å². The maximum Gasteiger partial charge on any atom is 0.283 e. The molecule has 2 aliphatic heterocycles. The number of thioether (sulfide) groups is 1. The molecule has 0 radical (unpaired) electrons. The minimum atomic E-state index is -0.424. The maximum atomic E-state index is 12.9. The van der Waals surface area contributed by atoms with E-state index in [-0.39, 0.29) is 11.4 Å². The molecule has 0 aliphatic carbocycles. The molecular weight excluding hydrogens is 466 g/mol. The van der Waals surface area contributed by atoms with E-state index in [0.717, 1.165) is 33.2 Å². The smallest absolute Gasteiger partial charge is 0.283 e. The van der Waals surface area contributed by atoms with E-state index in [2.05, 4.69) is 45.9 Å². The number of benzene rings is 2. The van der Waals surface area contributed by atoms with Gasteiger partial charge in [-0.1, -0.05) is 41.4 Å². The SMILES string of the molecule is Cc1ccc(-n2c(C)cc(/C=C3/C(=N)N4N=C(Cc5ccc(Cl)cc5)SC4=NC3=O)c2C)cc1. The van der Waals surface area contributed by atoms with E-state index in [1.54, 1.807) is 6.08 Å². The number of hydrogen-bond donors (Lipinski definition) is 1. The molecule has 0 bridgehead atoms. The van der Waals surface area contributed by atoms with Gasteiger partial charge in [0, 0.05) is 28.5 Å². The van der Waals surface area contributed by atoms with Crippen molar-refractivity contribution in [3.63, 3.8) is 0 Å². The van der Waals surface area contributed by atoms with Crippen LogP contribution in [0.1, 0.15) is 28.1 Å². The van der Waals surface area contributed by atoms with Crippen LogP contribution in [0.2, 0.25) is 5.02 Å². The second-order valence-corrected chi connectivity index (χ2v) is 9.79. The average Bonchev–Trinajstić information content (AvgIpc) is 3.33. The summed E-state index contributed by atoms with van der Waals surface area (Å²) in [5.74, 6) is -0.388. The summed E-state index contributed by atoms with van der Waals surface area (Å²) < 4.78 is 2.14. The van der Waals surface area contributed by atoms with Gasteiger partial charge in [-0.15, -0.1) is 0 Å². The van der Waals surface area contributed by atoms with Crippen LogP contribution in [0.3, 0.4) is 0 Å². The van der Waals surface area contributed by atoms with Crippen LogP contribution in [0.4, 0.5) is 0 Å². The van der Waals surface area contributed by atoms with Crippen molar-refractivity contribution in [1.82, 2.24) is 9.58 Å². The Morgan fingerprint density at radius 3 is 2.47 bits per heavy atom. The Bertz CT molecular complexity index is 1410. The quantitative estimate of drug-likeness (QED) is 0.464. The third-order valence-electron chi connectivity index (χ3n) is 5.83. The number of hydrogen-bond acceptors (Lipinski definition) is 4. The van der Waals surface area contributed by atoms with Gasteiger partial charge >= 0.3 is 0 Å². The van der Waals surface area contributed by atoms with Crippen LogP contribution >= 0.6 is 23.4 Å². The highest BCUT2D eigenvalue weighted by Crippen LogP contribution is 2.31. The summed E-state index contributed by atoms with van der Waals surface area (Å²) in [7, 11) is 0. The third kappa shape index (κ3) is 4.13. The highest BCUT2D eigenvalue weighted by molar-refractivity contribution is 8.26.